The third kappa shape index (κ3) is 4.48. The number of amides is 4. The summed E-state index contributed by atoms with van der Waals surface area (Å²) >= 11 is 6.00. The largest absolute Gasteiger partial charge is 0.345 e. The van der Waals surface area contributed by atoms with E-state index >= 15 is 0 Å². The molecule has 0 bridgehead atoms. The monoisotopic (exact) mass is 498 g/mol. The van der Waals surface area contributed by atoms with E-state index < -0.39 is 11.9 Å². The maximum absolute atomic E-state index is 13.3. The molecule has 8 nitrogen and oxygen atoms in total. The first-order chi connectivity index (χ1) is 16.8. The molecule has 2 fully saturated rings. The summed E-state index contributed by atoms with van der Waals surface area (Å²) in [6.45, 7) is 1.01. The van der Waals surface area contributed by atoms with Crippen LogP contribution in [0.15, 0.2) is 42.5 Å². The van der Waals surface area contributed by atoms with Crippen LogP contribution >= 0.6 is 11.6 Å². The lowest BCUT2D eigenvalue weighted by Gasteiger charge is -2.35. The zero-order valence-corrected chi connectivity index (χ0v) is 19.6. The third-order valence-corrected chi connectivity index (χ3v) is 6.99. The fourth-order valence-electron chi connectivity index (χ4n) is 4.70. The molecule has 4 amide bonds. The van der Waals surface area contributed by atoms with Gasteiger partial charge in [-0.05, 0) is 42.7 Å². The minimum atomic E-state index is -0.728. The molecule has 3 aliphatic rings. The number of carbonyl (C=O) groups excluding carboxylic acids is 4. The molecule has 1 saturated carbocycles. The van der Waals surface area contributed by atoms with Gasteiger partial charge in [0, 0.05) is 37.8 Å². The second-order valence-corrected chi connectivity index (χ2v) is 9.36. The van der Waals surface area contributed by atoms with Crippen molar-refractivity contribution in [3.05, 3.63) is 70.0 Å². The maximum Gasteiger partial charge on any atom is 0.255 e. The zero-order valence-electron chi connectivity index (χ0n) is 18.9. The first-order valence-corrected chi connectivity index (χ1v) is 11.9. The lowest BCUT2D eigenvalue weighted by atomic mass is 10.0. The Kier molecular flexibility index (Phi) is 6.19. The van der Waals surface area contributed by atoms with Gasteiger partial charge in [-0.3, -0.25) is 19.2 Å². The molecule has 2 aliphatic heterocycles. The van der Waals surface area contributed by atoms with E-state index in [1.165, 1.54) is 12.1 Å². The number of benzene rings is 2. The summed E-state index contributed by atoms with van der Waals surface area (Å²) < 4.78 is 13.3. The number of rotatable bonds is 5. The molecule has 1 saturated heterocycles. The smallest absolute Gasteiger partial charge is 0.255 e. The number of hydrogen-bond donors (Lipinski definition) is 1. The number of hydrogen-bond acceptors (Lipinski definition) is 4. The summed E-state index contributed by atoms with van der Waals surface area (Å²) in [6.07, 6.45) is 1.74. The highest BCUT2D eigenvalue weighted by molar-refractivity contribution is 6.33. The molecule has 0 radical (unpaired) electrons. The molecular formula is C25H24ClFN4O4. The molecule has 1 N–H and O–H groups in total. The summed E-state index contributed by atoms with van der Waals surface area (Å²) in [7, 11) is 0. The average molecular weight is 499 g/mol. The fraction of sp³-hybridized carbons (Fsp3) is 0.360. The maximum atomic E-state index is 13.3. The van der Waals surface area contributed by atoms with Crippen LogP contribution in [-0.2, 0) is 9.59 Å². The van der Waals surface area contributed by atoms with Gasteiger partial charge in [0.25, 0.3) is 11.8 Å². The molecule has 2 heterocycles. The highest BCUT2D eigenvalue weighted by atomic mass is 35.5. The normalized spacial score (nSPS) is 19.5. The summed E-state index contributed by atoms with van der Waals surface area (Å²) in [5.74, 6) is -1.62. The summed E-state index contributed by atoms with van der Waals surface area (Å²) in [5.41, 5.74) is 1.42. The molecule has 1 atom stereocenters. The molecule has 2 aromatic carbocycles. The Bertz CT molecular complexity index is 1210. The van der Waals surface area contributed by atoms with Crippen LogP contribution in [0.1, 0.15) is 45.2 Å². The van der Waals surface area contributed by atoms with Crippen LogP contribution in [0, 0.1) is 5.82 Å². The Hall–Kier alpha value is -3.46. The standard InChI is InChI=1S/C25H24ClFN4O4/c26-20-13-15(27)5-8-19(20)24(34)30-11-9-29(10-12-30)21(32)14-28-23(33)22-17-3-1-2-4-18(17)25(35)31(22)16-6-7-16/h1-5,8,13,16,22H,6-7,9-12,14H2,(H,28,33). The molecule has 1 unspecified atom stereocenters. The van der Waals surface area contributed by atoms with E-state index in [2.05, 4.69) is 5.32 Å². The van der Waals surface area contributed by atoms with E-state index in [-0.39, 0.29) is 46.8 Å². The Morgan fingerprint density at radius 3 is 2.37 bits per heavy atom. The Labute approximate surface area is 206 Å². The van der Waals surface area contributed by atoms with Crippen molar-refractivity contribution in [3.8, 4) is 0 Å². The Balaban J connectivity index is 1.17. The molecule has 1 aliphatic carbocycles. The number of nitrogens with zero attached hydrogens (tertiary/aromatic N) is 3. The van der Waals surface area contributed by atoms with Gasteiger partial charge in [0.15, 0.2) is 0 Å². The van der Waals surface area contributed by atoms with Crippen LogP contribution in [0.5, 0.6) is 0 Å². The van der Waals surface area contributed by atoms with Crippen molar-refractivity contribution < 1.29 is 23.6 Å². The summed E-state index contributed by atoms with van der Waals surface area (Å²) in [5, 5.41) is 2.76. The van der Waals surface area contributed by atoms with Crippen molar-refractivity contribution in [1.82, 2.24) is 20.0 Å². The molecule has 0 spiro atoms. The number of carbonyl (C=O) groups is 4. The predicted molar refractivity (Wildman–Crippen MR) is 125 cm³/mol. The van der Waals surface area contributed by atoms with Crippen LogP contribution in [0.3, 0.4) is 0 Å². The molecule has 0 aromatic heterocycles. The van der Waals surface area contributed by atoms with Crippen molar-refractivity contribution >= 4 is 35.2 Å². The van der Waals surface area contributed by atoms with E-state index in [1.807, 2.05) is 0 Å². The number of halogens is 2. The van der Waals surface area contributed by atoms with E-state index in [9.17, 15) is 23.6 Å². The Morgan fingerprint density at radius 1 is 1.00 bits per heavy atom. The van der Waals surface area contributed by atoms with Crippen molar-refractivity contribution in [2.45, 2.75) is 24.9 Å². The second-order valence-electron chi connectivity index (χ2n) is 8.95. The minimum Gasteiger partial charge on any atom is -0.345 e. The van der Waals surface area contributed by atoms with E-state index in [0.717, 1.165) is 18.9 Å². The molecule has 35 heavy (non-hydrogen) atoms. The fourth-order valence-corrected chi connectivity index (χ4v) is 4.94. The van der Waals surface area contributed by atoms with Crippen molar-refractivity contribution in [2.75, 3.05) is 32.7 Å². The SMILES string of the molecule is O=C(NCC(=O)N1CCN(C(=O)c2ccc(F)cc2Cl)CC1)C1c2ccccc2C(=O)N1C1CC1. The van der Waals surface area contributed by atoms with E-state index in [1.54, 1.807) is 39.0 Å². The lowest BCUT2D eigenvalue weighted by molar-refractivity contribution is -0.135. The van der Waals surface area contributed by atoms with Gasteiger partial charge in [0.2, 0.25) is 11.8 Å². The highest BCUT2D eigenvalue weighted by Gasteiger charge is 2.47. The van der Waals surface area contributed by atoms with E-state index in [4.69, 9.17) is 11.6 Å². The molecular weight excluding hydrogens is 475 g/mol. The van der Waals surface area contributed by atoms with E-state index in [0.29, 0.717) is 37.3 Å². The number of piperazine rings is 1. The van der Waals surface area contributed by atoms with Gasteiger partial charge in [-0.1, -0.05) is 29.8 Å². The molecule has 182 valence electrons. The van der Waals surface area contributed by atoms with Crippen molar-refractivity contribution in [1.29, 1.82) is 0 Å². The summed E-state index contributed by atoms with van der Waals surface area (Å²) in [6, 6.07) is 10.0. The molecule has 2 aromatic rings. The van der Waals surface area contributed by atoms with Gasteiger partial charge < -0.3 is 20.0 Å². The van der Waals surface area contributed by atoms with Crippen LogP contribution in [0.4, 0.5) is 4.39 Å². The zero-order chi connectivity index (χ0) is 24.7. The average Bonchev–Trinajstić information content (AvgIpc) is 3.66. The van der Waals surface area contributed by atoms with Gasteiger partial charge in [-0.25, -0.2) is 4.39 Å². The van der Waals surface area contributed by atoms with Gasteiger partial charge in [-0.2, -0.15) is 0 Å². The van der Waals surface area contributed by atoms with Gasteiger partial charge in [0.05, 0.1) is 17.1 Å². The van der Waals surface area contributed by atoms with Crippen LogP contribution in [-0.4, -0.2) is 77.1 Å². The van der Waals surface area contributed by atoms with Gasteiger partial charge >= 0.3 is 0 Å². The number of nitrogens with one attached hydrogen (secondary N) is 1. The van der Waals surface area contributed by atoms with Gasteiger partial charge in [-0.15, -0.1) is 0 Å². The predicted octanol–water partition coefficient (Wildman–Crippen LogP) is 2.24. The van der Waals surface area contributed by atoms with Crippen LogP contribution < -0.4 is 5.32 Å². The minimum absolute atomic E-state index is 0.0448. The second kappa shape index (κ2) is 9.30. The van der Waals surface area contributed by atoms with Gasteiger partial charge in [0.1, 0.15) is 11.9 Å². The summed E-state index contributed by atoms with van der Waals surface area (Å²) in [4.78, 5) is 56.1. The van der Waals surface area contributed by atoms with Crippen molar-refractivity contribution in [2.24, 2.45) is 0 Å². The third-order valence-electron chi connectivity index (χ3n) is 6.68. The molecule has 10 heteroatoms. The van der Waals surface area contributed by atoms with Crippen LogP contribution in [0.25, 0.3) is 0 Å². The molecule has 5 rings (SSSR count). The van der Waals surface area contributed by atoms with Crippen molar-refractivity contribution in [3.63, 3.8) is 0 Å². The lowest BCUT2D eigenvalue weighted by Crippen LogP contribution is -2.53. The number of fused-ring (bicyclic) bond motifs is 1. The first-order valence-electron chi connectivity index (χ1n) is 11.6. The van der Waals surface area contributed by atoms with Crippen LogP contribution in [0.2, 0.25) is 5.02 Å². The quantitative estimate of drug-likeness (QED) is 0.684. The topological polar surface area (TPSA) is 90.0 Å². The Morgan fingerprint density at radius 2 is 1.69 bits per heavy atom. The highest BCUT2D eigenvalue weighted by Crippen LogP contribution is 2.41. The first kappa shape index (κ1) is 23.3.